The maximum absolute atomic E-state index is 13.1. The number of carbonyl (C=O) groups excluding carboxylic acids is 1. The SMILES string of the molecule is CC(=O)[O-].CCn1c(=O)/c(=C/C=C2\Sc3ccccc3N2C)s/c1=C\c1sc2ccccc2[n+]1CC. The number of carbonyl (C=O) groups is 1. The van der Waals surface area contributed by atoms with Crippen molar-refractivity contribution in [3.63, 3.8) is 0 Å². The molecule has 4 aromatic rings. The van der Waals surface area contributed by atoms with Gasteiger partial charge in [0.1, 0.15) is 15.9 Å². The minimum absolute atomic E-state index is 0.0768. The molecule has 0 atom stereocenters. The molecule has 3 heterocycles. The molecular formula is C27H27N3O3S3. The molecule has 6 nitrogen and oxygen atoms in total. The van der Waals surface area contributed by atoms with E-state index in [0.29, 0.717) is 6.54 Å². The molecule has 36 heavy (non-hydrogen) atoms. The lowest BCUT2D eigenvalue weighted by Crippen LogP contribution is -2.35. The molecule has 0 N–H and O–H groups in total. The van der Waals surface area contributed by atoms with Crippen LogP contribution in [-0.4, -0.2) is 17.6 Å². The van der Waals surface area contributed by atoms with E-state index in [-0.39, 0.29) is 5.56 Å². The van der Waals surface area contributed by atoms with Crippen LogP contribution in [0.15, 0.2) is 69.3 Å². The van der Waals surface area contributed by atoms with Gasteiger partial charge >= 0.3 is 0 Å². The zero-order chi connectivity index (χ0) is 25.8. The summed E-state index contributed by atoms with van der Waals surface area (Å²) in [4.78, 5) is 25.4. The van der Waals surface area contributed by atoms with Gasteiger partial charge in [0, 0.05) is 30.5 Å². The van der Waals surface area contributed by atoms with Crippen molar-refractivity contribution in [1.29, 1.82) is 0 Å². The van der Waals surface area contributed by atoms with Gasteiger partial charge in [-0.25, -0.2) is 0 Å². The van der Waals surface area contributed by atoms with Crippen molar-refractivity contribution in [3.05, 3.63) is 84.2 Å². The van der Waals surface area contributed by atoms with Gasteiger partial charge < -0.3 is 14.8 Å². The summed E-state index contributed by atoms with van der Waals surface area (Å²) >= 11 is 5.07. The maximum atomic E-state index is 13.1. The van der Waals surface area contributed by atoms with Crippen molar-refractivity contribution in [2.24, 2.45) is 0 Å². The maximum Gasteiger partial charge on any atom is 0.269 e. The fraction of sp³-hybridized carbons (Fsp3) is 0.222. The number of benzene rings is 2. The van der Waals surface area contributed by atoms with Crippen molar-refractivity contribution in [3.8, 4) is 0 Å². The second-order valence-electron chi connectivity index (χ2n) is 7.94. The Morgan fingerprint density at radius 3 is 2.44 bits per heavy atom. The molecule has 0 aliphatic carbocycles. The molecule has 0 saturated carbocycles. The van der Waals surface area contributed by atoms with Gasteiger partial charge in [-0.3, -0.25) is 9.36 Å². The molecule has 1 aliphatic heterocycles. The molecule has 2 aromatic heterocycles. The Balaban J connectivity index is 0.000000709. The number of allylic oxidation sites excluding steroid dienone is 1. The van der Waals surface area contributed by atoms with Crippen LogP contribution in [0.1, 0.15) is 25.8 Å². The largest absolute Gasteiger partial charge is 0.550 e. The predicted octanol–water partition coefficient (Wildman–Crippen LogP) is 2.90. The van der Waals surface area contributed by atoms with Gasteiger partial charge in [0.15, 0.2) is 0 Å². The number of aryl methyl sites for hydroxylation is 1. The van der Waals surface area contributed by atoms with Crippen LogP contribution in [0.25, 0.3) is 22.4 Å². The summed E-state index contributed by atoms with van der Waals surface area (Å²) in [6, 6.07) is 16.8. The molecule has 1 aliphatic rings. The lowest BCUT2D eigenvalue weighted by Gasteiger charge is -2.12. The van der Waals surface area contributed by atoms with E-state index in [9.17, 15) is 4.79 Å². The highest BCUT2D eigenvalue weighted by Gasteiger charge is 2.21. The standard InChI is InChI=1S/C25H24N3OS3.C2H4O2/c1-4-27-18-11-7-9-13-20(18)31-23(27)16-24-28(5-2)25(29)21(32-24)14-15-22-26(3)17-10-6-8-12-19(17)30-22;1-2(3)4/h6-16H,4-5H2,1-3H3;1H3,(H,3,4)/q+1;/p-1/b21-14-,22-15-;. The van der Waals surface area contributed by atoms with Crippen LogP contribution in [0.5, 0.6) is 0 Å². The topological polar surface area (TPSA) is 69.2 Å². The number of thiazole rings is 2. The third-order valence-electron chi connectivity index (χ3n) is 5.60. The van der Waals surface area contributed by atoms with Crippen molar-refractivity contribution >= 4 is 68.5 Å². The van der Waals surface area contributed by atoms with Crippen molar-refractivity contribution in [2.75, 3.05) is 11.9 Å². The number of aliphatic carboxylic acids is 1. The number of para-hydroxylation sites is 2. The van der Waals surface area contributed by atoms with Gasteiger partial charge in [-0.05, 0) is 51.1 Å². The monoisotopic (exact) mass is 537 g/mol. The summed E-state index contributed by atoms with van der Waals surface area (Å²) in [5.41, 5.74) is 2.52. The molecule has 0 radical (unpaired) electrons. The zero-order valence-corrected chi connectivity index (χ0v) is 23.0. The number of hydrogen-bond donors (Lipinski definition) is 0. The smallest absolute Gasteiger partial charge is 0.269 e. The number of anilines is 1. The first kappa shape index (κ1) is 25.9. The van der Waals surface area contributed by atoms with E-state index < -0.39 is 5.97 Å². The Hall–Kier alpha value is -3.14. The average molecular weight is 538 g/mol. The molecule has 0 unspecified atom stereocenters. The molecule has 0 amide bonds. The summed E-state index contributed by atoms with van der Waals surface area (Å²) in [6.45, 7) is 6.72. The highest BCUT2D eigenvalue weighted by Crippen LogP contribution is 2.44. The van der Waals surface area contributed by atoms with Crippen LogP contribution in [0.3, 0.4) is 0 Å². The molecule has 5 rings (SSSR count). The Morgan fingerprint density at radius 1 is 1.06 bits per heavy atom. The van der Waals surface area contributed by atoms with E-state index in [4.69, 9.17) is 9.90 Å². The number of hydrogen-bond acceptors (Lipinski definition) is 7. The van der Waals surface area contributed by atoms with Gasteiger partial charge in [0.25, 0.3) is 10.6 Å². The first-order valence-electron chi connectivity index (χ1n) is 11.6. The van der Waals surface area contributed by atoms with Gasteiger partial charge in [0.2, 0.25) is 5.52 Å². The average Bonchev–Trinajstić information content (AvgIpc) is 3.48. The molecular weight excluding hydrogens is 511 g/mol. The van der Waals surface area contributed by atoms with Crippen LogP contribution < -0.4 is 29.3 Å². The van der Waals surface area contributed by atoms with Gasteiger partial charge in [0.05, 0.1) is 21.3 Å². The fourth-order valence-electron chi connectivity index (χ4n) is 3.96. The van der Waals surface area contributed by atoms with Crippen LogP contribution in [0, 0.1) is 0 Å². The second-order valence-corrected chi connectivity index (χ2v) is 11.1. The summed E-state index contributed by atoms with van der Waals surface area (Å²) in [5, 5.41) is 11.2. The van der Waals surface area contributed by atoms with Gasteiger partial charge in [-0.15, -0.1) is 11.3 Å². The van der Waals surface area contributed by atoms with E-state index in [1.807, 2.05) is 17.6 Å². The Morgan fingerprint density at radius 2 is 1.75 bits per heavy atom. The van der Waals surface area contributed by atoms with Gasteiger partial charge in [-0.2, -0.15) is 4.57 Å². The van der Waals surface area contributed by atoms with E-state index in [2.05, 4.69) is 84.1 Å². The number of carboxylic acid groups (broad SMARTS) is 1. The predicted molar refractivity (Wildman–Crippen MR) is 149 cm³/mol. The summed E-state index contributed by atoms with van der Waals surface area (Å²) < 4.78 is 7.21. The minimum atomic E-state index is -1.08. The molecule has 0 saturated heterocycles. The van der Waals surface area contributed by atoms with Crippen LogP contribution in [0.4, 0.5) is 5.69 Å². The van der Waals surface area contributed by atoms with Crippen LogP contribution in [-0.2, 0) is 17.9 Å². The van der Waals surface area contributed by atoms with Crippen LogP contribution >= 0.6 is 34.4 Å². The lowest BCUT2D eigenvalue weighted by atomic mass is 10.3. The number of rotatable bonds is 4. The van der Waals surface area contributed by atoms with Crippen molar-refractivity contribution in [1.82, 2.24) is 4.57 Å². The van der Waals surface area contributed by atoms with E-state index in [1.165, 1.54) is 25.8 Å². The normalized spacial score (nSPS) is 14.9. The third-order valence-corrected chi connectivity index (χ3v) is 8.98. The van der Waals surface area contributed by atoms with Gasteiger partial charge in [-0.1, -0.05) is 47.4 Å². The number of carboxylic acids is 1. The molecule has 0 fully saturated rings. The first-order valence-corrected chi connectivity index (χ1v) is 14.0. The minimum Gasteiger partial charge on any atom is -0.550 e. The molecule has 186 valence electrons. The van der Waals surface area contributed by atoms with E-state index >= 15 is 0 Å². The Kier molecular flexibility index (Phi) is 8.13. The number of aromatic nitrogens is 2. The van der Waals surface area contributed by atoms with E-state index in [1.54, 1.807) is 34.4 Å². The zero-order valence-electron chi connectivity index (χ0n) is 20.6. The number of fused-ring (bicyclic) bond motifs is 2. The number of nitrogens with zero attached hydrogens (tertiary/aromatic N) is 3. The fourth-order valence-corrected chi connectivity index (χ4v) is 7.30. The molecule has 0 bridgehead atoms. The summed E-state index contributed by atoms with van der Waals surface area (Å²) in [6.07, 6.45) is 6.20. The third kappa shape index (κ3) is 5.33. The quantitative estimate of drug-likeness (QED) is 0.375. The molecule has 2 aromatic carbocycles. The first-order chi connectivity index (χ1) is 17.3. The molecule has 0 spiro atoms. The Labute approximate surface area is 221 Å². The van der Waals surface area contributed by atoms with E-state index in [0.717, 1.165) is 27.7 Å². The lowest BCUT2D eigenvalue weighted by molar-refractivity contribution is -0.665. The summed E-state index contributed by atoms with van der Waals surface area (Å²) in [5.74, 6) is -1.08. The number of thioether (sulfide) groups is 1. The van der Waals surface area contributed by atoms with Crippen molar-refractivity contribution < 1.29 is 14.5 Å². The van der Waals surface area contributed by atoms with Crippen LogP contribution in [0.2, 0.25) is 0 Å². The second kappa shape index (κ2) is 11.3. The summed E-state index contributed by atoms with van der Waals surface area (Å²) in [7, 11) is 2.07. The van der Waals surface area contributed by atoms with Crippen molar-refractivity contribution in [2.45, 2.75) is 38.8 Å². The Bertz CT molecular complexity index is 1630. The highest BCUT2D eigenvalue weighted by molar-refractivity contribution is 8.03. The highest BCUT2D eigenvalue weighted by atomic mass is 32.2. The molecule has 9 heteroatoms.